The molecule has 112 valence electrons. The average molecular weight is 320 g/mol. The largest absolute Gasteiger partial charge is 0.294 e. The first-order valence-corrected chi connectivity index (χ1v) is 7.76. The van der Waals surface area contributed by atoms with Gasteiger partial charge in [-0.25, -0.2) is 9.97 Å². The van der Waals surface area contributed by atoms with Gasteiger partial charge in [-0.1, -0.05) is 59.6 Å². The molecule has 0 aliphatic carbocycles. The van der Waals surface area contributed by atoms with E-state index in [1.165, 1.54) is 11.9 Å². The van der Waals surface area contributed by atoms with Gasteiger partial charge in [0.25, 0.3) is 0 Å². The Hall–Kier alpha value is -2.65. The third-order valence-corrected chi connectivity index (χ3v) is 4.21. The fourth-order valence-corrected chi connectivity index (χ4v) is 2.94. The van der Waals surface area contributed by atoms with Crippen molar-refractivity contribution in [2.24, 2.45) is 0 Å². The minimum Gasteiger partial charge on any atom is -0.294 e. The summed E-state index contributed by atoms with van der Waals surface area (Å²) in [5.74, 6) is 0. The molecular weight excluding hydrogens is 306 g/mol. The Morgan fingerprint density at radius 2 is 1.65 bits per heavy atom. The van der Waals surface area contributed by atoms with Gasteiger partial charge in [0.05, 0.1) is 11.1 Å². The molecule has 0 saturated heterocycles. The number of hydrogen-bond acceptors (Lipinski definition) is 2. The molecule has 2 aromatic carbocycles. The molecule has 0 N–H and O–H groups in total. The lowest BCUT2D eigenvalue weighted by atomic mass is 10.1. The number of para-hydroxylation sites is 1. The predicted molar refractivity (Wildman–Crippen MR) is 94.0 cm³/mol. The summed E-state index contributed by atoms with van der Waals surface area (Å²) >= 11 is 6.28. The SMILES string of the molecule is Cc1ccc(-c2cc3c(Cl)ncnc3n2-c2ccccc2)cc1. The summed E-state index contributed by atoms with van der Waals surface area (Å²) in [5.41, 5.74) is 5.26. The van der Waals surface area contributed by atoms with E-state index in [1.807, 2.05) is 18.2 Å². The third kappa shape index (κ3) is 2.39. The predicted octanol–water partition coefficient (Wildman–Crippen LogP) is 5.05. The number of nitrogens with zero attached hydrogens (tertiary/aromatic N) is 3. The van der Waals surface area contributed by atoms with Crippen LogP contribution < -0.4 is 0 Å². The van der Waals surface area contributed by atoms with Gasteiger partial charge in [-0.2, -0.15) is 0 Å². The Kier molecular flexibility index (Phi) is 3.36. The molecule has 4 rings (SSSR count). The lowest BCUT2D eigenvalue weighted by Gasteiger charge is -2.10. The second kappa shape index (κ2) is 5.52. The van der Waals surface area contributed by atoms with Crippen LogP contribution in [0.5, 0.6) is 0 Å². The van der Waals surface area contributed by atoms with Gasteiger partial charge in [0.15, 0.2) is 0 Å². The first kappa shape index (κ1) is 14.0. The van der Waals surface area contributed by atoms with E-state index < -0.39 is 0 Å². The van der Waals surface area contributed by atoms with E-state index >= 15 is 0 Å². The quantitative estimate of drug-likeness (QED) is 0.484. The number of halogens is 1. The Morgan fingerprint density at radius 1 is 0.913 bits per heavy atom. The van der Waals surface area contributed by atoms with Gasteiger partial charge in [-0.3, -0.25) is 4.57 Å². The maximum absolute atomic E-state index is 6.28. The Morgan fingerprint density at radius 3 is 2.39 bits per heavy atom. The second-order valence-corrected chi connectivity index (χ2v) is 5.83. The molecule has 0 bridgehead atoms. The summed E-state index contributed by atoms with van der Waals surface area (Å²) in [7, 11) is 0. The van der Waals surface area contributed by atoms with E-state index in [0.29, 0.717) is 5.15 Å². The summed E-state index contributed by atoms with van der Waals surface area (Å²) < 4.78 is 2.12. The molecule has 0 saturated carbocycles. The zero-order valence-corrected chi connectivity index (χ0v) is 13.3. The molecule has 3 nitrogen and oxygen atoms in total. The second-order valence-electron chi connectivity index (χ2n) is 5.47. The van der Waals surface area contributed by atoms with Crippen molar-refractivity contribution in [1.82, 2.24) is 14.5 Å². The zero-order chi connectivity index (χ0) is 15.8. The van der Waals surface area contributed by atoms with Crippen LogP contribution in [0.1, 0.15) is 5.56 Å². The molecule has 0 aliphatic heterocycles. The zero-order valence-electron chi connectivity index (χ0n) is 12.6. The summed E-state index contributed by atoms with van der Waals surface area (Å²) in [6.07, 6.45) is 1.50. The van der Waals surface area contributed by atoms with Crippen LogP contribution >= 0.6 is 11.6 Å². The van der Waals surface area contributed by atoms with E-state index in [2.05, 4.69) is 63.9 Å². The number of aromatic nitrogens is 3. The molecular formula is C19H14ClN3. The van der Waals surface area contributed by atoms with Crippen molar-refractivity contribution in [2.75, 3.05) is 0 Å². The van der Waals surface area contributed by atoms with Gasteiger partial charge < -0.3 is 0 Å². The molecule has 0 fully saturated rings. The van der Waals surface area contributed by atoms with Crippen molar-refractivity contribution in [3.63, 3.8) is 0 Å². The van der Waals surface area contributed by atoms with Crippen molar-refractivity contribution >= 4 is 22.6 Å². The van der Waals surface area contributed by atoms with Gasteiger partial charge in [0, 0.05) is 5.69 Å². The van der Waals surface area contributed by atoms with Crippen LogP contribution in [0.2, 0.25) is 5.15 Å². The van der Waals surface area contributed by atoms with E-state index in [0.717, 1.165) is 28.0 Å². The Bertz CT molecular complexity index is 973. The van der Waals surface area contributed by atoms with Crippen LogP contribution in [0.4, 0.5) is 0 Å². The summed E-state index contributed by atoms with van der Waals surface area (Å²) in [4.78, 5) is 8.55. The van der Waals surface area contributed by atoms with Crippen LogP contribution in [0.3, 0.4) is 0 Å². The lowest BCUT2D eigenvalue weighted by molar-refractivity contribution is 1.08. The van der Waals surface area contributed by atoms with Crippen LogP contribution in [0.25, 0.3) is 28.0 Å². The number of benzene rings is 2. The van der Waals surface area contributed by atoms with Crippen LogP contribution in [0, 0.1) is 6.92 Å². The molecule has 0 unspecified atom stereocenters. The molecule has 2 aromatic heterocycles. The van der Waals surface area contributed by atoms with Gasteiger partial charge >= 0.3 is 0 Å². The lowest BCUT2D eigenvalue weighted by Crippen LogP contribution is -1.98. The van der Waals surface area contributed by atoms with E-state index in [-0.39, 0.29) is 0 Å². The number of fused-ring (bicyclic) bond motifs is 1. The number of rotatable bonds is 2. The highest BCUT2D eigenvalue weighted by Gasteiger charge is 2.15. The highest BCUT2D eigenvalue weighted by molar-refractivity contribution is 6.34. The molecule has 4 aromatic rings. The topological polar surface area (TPSA) is 30.7 Å². The van der Waals surface area contributed by atoms with Crippen molar-refractivity contribution in [1.29, 1.82) is 0 Å². The van der Waals surface area contributed by atoms with Crippen LogP contribution in [-0.4, -0.2) is 14.5 Å². The van der Waals surface area contributed by atoms with Crippen molar-refractivity contribution < 1.29 is 0 Å². The number of hydrogen-bond donors (Lipinski definition) is 0. The standard InChI is InChI=1S/C19H14ClN3/c1-13-7-9-14(10-8-13)17-11-16-18(20)21-12-22-19(16)23(17)15-5-3-2-4-6-15/h2-12H,1H3. The van der Waals surface area contributed by atoms with Gasteiger partial charge in [0.1, 0.15) is 17.1 Å². The van der Waals surface area contributed by atoms with Gasteiger partial charge in [0.2, 0.25) is 0 Å². The maximum Gasteiger partial charge on any atom is 0.149 e. The minimum atomic E-state index is 0.470. The third-order valence-electron chi connectivity index (χ3n) is 3.91. The summed E-state index contributed by atoms with van der Waals surface area (Å²) in [6, 6.07) is 20.7. The first-order valence-electron chi connectivity index (χ1n) is 7.38. The minimum absolute atomic E-state index is 0.470. The number of aryl methyl sites for hydroxylation is 1. The van der Waals surface area contributed by atoms with E-state index in [9.17, 15) is 0 Å². The normalized spacial score (nSPS) is 11.0. The molecule has 0 amide bonds. The molecule has 0 radical (unpaired) electrons. The first-order chi connectivity index (χ1) is 11.2. The van der Waals surface area contributed by atoms with Crippen molar-refractivity contribution in [2.45, 2.75) is 6.92 Å². The smallest absolute Gasteiger partial charge is 0.149 e. The molecule has 4 heteroatoms. The fourth-order valence-electron chi connectivity index (χ4n) is 2.76. The Balaban J connectivity index is 2.07. The highest BCUT2D eigenvalue weighted by Crippen LogP contribution is 2.32. The van der Waals surface area contributed by atoms with Gasteiger partial charge in [-0.05, 0) is 30.7 Å². The van der Waals surface area contributed by atoms with E-state index in [4.69, 9.17) is 11.6 Å². The molecule has 0 atom stereocenters. The summed E-state index contributed by atoms with van der Waals surface area (Å²) in [5, 5.41) is 1.33. The average Bonchev–Trinajstić information content (AvgIpc) is 2.97. The van der Waals surface area contributed by atoms with Crippen molar-refractivity contribution in [3.05, 3.63) is 77.7 Å². The van der Waals surface area contributed by atoms with Crippen molar-refractivity contribution in [3.8, 4) is 16.9 Å². The molecule has 23 heavy (non-hydrogen) atoms. The monoisotopic (exact) mass is 319 g/mol. The molecule has 2 heterocycles. The molecule has 0 spiro atoms. The summed E-state index contributed by atoms with van der Waals surface area (Å²) in [6.45, 7) is 2.08. The molecule has 0 aliphatic rings. The Labute approximate surface area is 139 Å². The van der Waals surface area contributed by atoms with Gasteiger partial charge in [-0.15, -0.1) is 0 Å². The maximum atomic E-state index is 6.28. The van der Waals surface area contributed by atoms with Crippen LogP contribution in [0.15, 0.2) is 67.0 Å². The highest BCUT2D eigenvalue weighted by atomic mass is 35.5. The van der Waals surface area contributed by atoms with E-state index in [1.54, 1.807) is 0 Å². The van der Waals surface area contributed by atoms with Crippen LogP contribution in [-0.2, 0) is 0 Å². The fraction of sp³-hybridized carbons (Fsp3) is 0.0526.